The lowest BCUT2D eigenvalue weighted by Gasteiger charge is -2.29. The van der Waals surface area contributed by atoms with Gasteiger partial charge in [0.2, 0.25) is 0 Å². The first-order chi connectivity index (χ1) is 21.9. The molecule has 2 N–H and O–H groups in total. The summed E-state index contributed by atoms with van der Waals surface area (Å²) in [5, 5.41) is 20.4. The van der Waals surface area contributed by atoms with E-state index in [1.54, 1.807) is 26.0 Å². The van der Waals surface area contributed by atoms with Gasteiger partial charge in [-0.3, -0.25) is 0 Å². The Balaban J connectivity index is 1.53. The van der Waals surface area contributed by atoms with Gasteiger partial charge in [0.1, 0.15) is 28.9 Å². The van der Waals surface area contributed by atoms with Crippen LogP contribution in [0.3, 0.4) is 0 Å². The number of phenols is 1. The summed E-state index contributed by atoms with van der Waals surface area (Å²) in [5.41, 5.74) is 3.48. The number of rotatable bonds is 18. The van der Waals surface area contributed by atoms with E-state index < -0.39 is 53.4 Å². The Morgan fingerprint density at radius 1 is 0.830 bits per heavy atom. The zero-order valence-corrected chi connectivity index (χ0v) is 27.9. The zero-order chi connectivity index (χ0) is 34.8. The van der Waals surface area contributed by atoms with E-state index in [9.17, 15) is 45.5 Å². The Hall–Kier alpha value is -2.28. The lowest BCUT2D eigenvalue weighted by Crippen LogP contribution is -2.40. The van der Waals surface area contributed by atoms with E-state index in [0.717, 1.165) is 66.9 Å². The van der Waals surface area contributed by atoms with Gasteiger partial charge >= 0.3 is 12.1 Å². The predicted molar refractivity (Wildman–Crippen MR) is 173 cm³/mol. The Bertz CT molecular complexity index is 1310. The average molecular weight is 694 g/mol. The van der Waals surface area contributed by atoms with Crippen LogP contribution in [-0.2, 0) is 17.6 Å². The molecule has 47 heavy (non-hydrogen) atoms. The van der Waals surface area contributed by atoms with E-state index in [2.05, 4.69) is 0 Å². The lowest BCUT2D eigenvalue weighted by atomic mass is 9.89. The molecule has 1 unspecified atom stereocenters. The molecule has 1 aliphatic carbocycles. The molecule has 12 heteroatoms. The summed E-state index contributed by atoms with van der Waals surface area (Å²) in [7, 11) is 0. The van der Waals surface area contributed by atoms with Crippen molar-refractivity contribution in [2.75, 3.05) is 31.1 Å². The smallest absolute Gasteiger partial charge is 0.453 e. The number of aromatic hydroxyl groups is 1. The van der Waals surface area contributed by atoms with Crippen LogP contribution in [-0.4, -0.2) is 68.5 Å². The van der Waals surface area contributed by atoms with Crippen molar-refractivity contribution >= 4 is 22.3 Å². The number of benzene rings is 2. The SMILES string of the molecule is CC(C)(O)CN(CCCCCCC1=C(c2cc(F)cc(F)c2)CCCc2cc(O)ccc21)CCC[S+]([O-])CCCC(F)(F)C(F)(F)F. The van der Waals surface area contributed by atoms with Gasteiger partial charge in [0.15, 0.2) is 0 Å². The largest absolute Gasteiger partial charge is 0.616 e. The fourth-order valence-electron chi connectivity index (χ4n) is 6.14. The Morgan fingerprint density at radius 2 is 1.47 bits per heavy atom. The molecule has 4 nitrogen and oxygen atoms in total. The van der Waals surface area contributed by atoms with E-state index >= 15 is 0 Å². The van der Waals surface area contributed by atoms with E-state index in [4.69, 9.17) is 0 Å². The number of phenolic OH excluding ortho intramolecular Hbond substituents is 1. The van der Waals surface area contributed by atoms with E-state index in [1.807, 2.05) is 11.0 Å². The Labute approximate surface area is 276 Å². The van der Waals surface area contributed by atoms with Crippen LogP contribution < -0.4 is 0 Å². The molecule has 0 saturated heterocycles. The maximum atomic E-state index is 14.2. The second kappa shape index (κ2) is 17.4. The van der Waals surface area contributed by atoms with Gasteiger partial charge in [-0.05, 0) is 117 Å². The lowest BCUT2D eigenvalue weighted by molar-refractivity contribution is -0.284. The summed E-state index contributed by atoms with van der Waals surface area (Å²) < 4.78 is 104. The molecule has 264 valence electrons. The first kappa shape index (κ1) is 39.2. The Morgan fingerprint density at radius 3 is 2.13 bits per heavy atom. The fraction of sp³-hybridized carbons (Fsp3) is 0.600. The number of hydrogen-bond donors (Lipinski definition) is 2. The van der Waals surface area contributed by atoms with Crippen molar-refractivity contribution in [1.82, 2.24) is 4.90 Å². The number of hydrogen-bond acceptors (Lipinski definition) is 4. The van der Waals surface area contributed by atoms with Crippen molar-refractivity contribution in [1.29, 1.82) is 0 Å². The normalized spacial score (nSPS) is 15.2. The van der Waals surface area contributed by atoms with Crippen molar-refractivity contribution in [3.05, 3.63) is 64.7 Å². The number of aliphatic hydroxyl groups is 1. The van der Waals surface area contributed by atoms with Gasteiger partial charge < -0.3 is 19.7 Å². The van der Waals surface area contributed by atoms with Gasteiger partial charge in [0.25, 0.3) is 0 Å². The number of allylic oxidation sites excluding steroid dienone is 2. The van der Waals surface area contributed by atoms with Gasteiger partial charge in [-0.1, -0.05) is 30.1 Å². The highest BCUT2D eigenvalue weighted by Gasteiger charge is 2.56. The third kappa shape index (κ3) is 12.9. The predicted octanol–water partition coefficient (Wildman–Crippen LogP) is 9.06. The van der Waals surface area contributed by atoms with Crippen LogP contribution >= 0.6 is 0 Å². The van der Waals surface area contributed by atoms with Crippen molar-refractivity contribution < 1.29 is 45.5 Å². The number of nitrogens with zero attached hydrogens (tertiary/aromatic N) is 1. The van der Waals surface area contributed by atoms with Gasteiger partial charge in [-0.25, -0.2) is 8.78 Å². The Kier molecular flexibility index (Phi) is 14.5. The molecule has 0 fully saturated rings. The van der Waals surface area contributed by atoms with Crippen LogP contribution in [0.5, 0.6) is 5.75 Å². The molecule has 3 rings (SSSR count). The van der Waals surface area contributed by atoms with Crippen molar-refractivity contribution in [3.8, 4) is 5.75 Å². The molecule has 0 aliphatic heterocycles. The maximum Gasteiger partial charge on any atom is 0.453 e. The summed E-state index contributed by atoms with van der Waals surface area (Å²) in [5.74, 6) is -5.93. The summed E-state index contributed by atoms with van der Waals surface area (Å²) in [6.07, 6.45) is -0.754. The van der Waals surface area contributed by atoms with Crippen molar-refractivity contribution in [2.45, 2.75) is 102 Å². The monoisotopic (exact) mass is 693 g/mol. The van der Waals surface area contributed by atoms with Gasteiger partial charge in [0.05, 0.1) is 5.60 Å². The molecule has 0 aromatic heterocycles. The molecular formula is C35H46F7NO3S. The molecule has 1 aliphatic rings. The molecule has 0 heterocycles. The van der Waals surface area contributed by atoms with Crippen LogP contribution in [0.4, 0.5) is 30.7 Å². The van der Waals surface area contributed by atoms with E-state index in [0.29, 0.717) is 44.5 Å². The second-order valence-corrected chi connectivity index (χ2v) is 14.8. The quantitative estimate of drug-likeness (QED) is 0.0929. The third-order valence-electron chi connectivity index (χ3n) is 8.25. The molecule has 0 spiro atoms. The first-order valence-electron chi connectivity index (χ1n) is 16.2. The summed E-state index contributed by atoms with van der Waals surface area (Å²) in [6, 6.07) is 8.85. The second-order valence-electron chi connectivity index (χ2n) is 13.1. The third-order valence-corrected chi connectivity index (χ3v) is 9.74. The van der Waals surface area contributed by atoms with Crippen molar-refractivity contribution in [3.63, 3.8) is 0 Å². The number of halogens is 7. The van der Waals surface area contributed by atoms with E-state index in [1.165, 1.54) is 12.1 Å². The zero-order valence-electron chi connectivity index (χ0n) is 27.1. The van der Waals surface area contributed by atoms with Gasteiger partial charge in [-0.2, -0.15) is 22.0 Å². The summed E-state index contributed by atoms with van der Waals surface area (Å²) in [4.78, 5) is 2.04. The molecule has 0 saturated carbocycles. The van der Waals surface area contributed by atoms with Gasteiger partial charge in [-0.15, -0.1) is 0 Å². The number of alkyl halides is 5. The molecule has 2 aromatic rings. The highest BCUT2D eigenvalue weighted by atomic mass is 32.2. The van der Waals surface area contributed by atoms with E-state index in [-0.39, 0.29) is 17.3 Å². The standard InChI is InChI=1S/C35H46F7NO3S/c1-33(2,45)24-43(17-9-19-47(46)18-8-15-34(38,39)35(40,41)42)16-6-4-3-5-11-32-30(26-20-27(36)23-28(37)21-26)12-7-10-25-22-29(44)13-14-31(25)32/h13-14,20-23,44-45H,3-12,15-19,24H2,1-2H3. The first-order valence-corrected chi connectivity index (χ1v) is 17.7. The fourth-order valence-corrected chi connectivity index (χ4v) is 7.26. The topological polar surface area (TPSA) is 66.8 Å². The highest BCUT2D eigenvalue weighted by molar-refractivity contribution is 7.91. The minimum atomic E-state index is -5.61. The number of fused-ring (bicyclic) bond motifs is 1. The minimum absolute atomic E-state index is 0.172. The molecule has 2 aromatic carbocycles. The minimum Gasteiger partial charge on any atom is -0.616 e. The molecular weight excluding hydrogens is 647 g/mol. The van der Waals surface area contributed by atoms with Crippen LogP contribution in [0, 0.1) is 11.6 Å². The maximum absolute atomic E-state index is 14.2. The summed E-state index contributed by atoms with van der Waals surface area (Å²) in [6.45, 7) is 4.88. The molecule has 0 amide bonds. The number of unbranched alkanes of at least 4 members (excludes halogenated alkanes) is 3. The number of aryl methyl sites for hydroxylation is 1. The highest BCUT2D eigenvalue weighted by Crippen LogP contribution is 2.40. The van der Waals surface area contributed by atoms with Crippen LogP contribution in [0.15, 0.2) is 36.4 Å². The van der Waals surface area contributed by atoms with Crippen LogP contribution in [0.1, 0.15) is 94.7 Å². The van der Waals surface area contributed by atoms with Gasteiger partial charge in [0, 0.05) is 32.0 Å². The molecule has 0 bridgehead atoms. The van der Waals surface area contributed by atoms with Crippen LogP contribution in [0.25, 0.3) is 11.1 Å². The molecule has 1 atom stereocenters. The van der Waals surface area contributed by atoms with Crippen LogP contribution in [0.2, 0.25) is 0 Å². The van der Waals surface area contributed by atoms with Crippen molar-refractivity contribution in [2.24, 2.45) is 0 Å². The summed E-state index contributed by atoms with van der Waals surface area (Å²) >= 11 is -1.52. The average Bonchev–Trinajstić information content (AvgIpc) is 3.11. The molecule has 0 radical (unpaired) electrons.